The monoisotopic (exact) mass is 395 g/mol. The fourth-order valence-corrected chi connectivity index (χ4v) is 3.58. The molecule has 0 aromatic heterocycles. The van der Waals surface area contributed by atoms with Crippen molar-refractivity contribution >= 4 is 12.1 Å². The van der Waals surface area contributed by atoms with Crippen LogP contribution < -0.4 is 5.32 Å². The molecule has 2 aromatic carbocycles. The molecule has 29 heavy (non-hydrogen) atoms. The highest BCUT2D eigenvalue weighted by atomic mass is 16.6. The van der Waals surface area contributed by atoms with E-state index >= 15 is 0 Å². The number of alkyl carbamates (subject to hydrolysis) is 1. The first kappa shape index (κ1) is 20.9. The average molecular weight is 395 g/mol. The van der Waals surface area contributed by atoms with E-state index in [9.17, 15) is 9.59 Å². The summed E-state index contributed by atoms with van der Waals surface area (Å²) in [5, 5.41) is 2.93. The topological polar surface area (TPSA) is 64.6 Å². The van der Waals surface area contributed by atoms with Crippen LogP contribution in [0.15, 0.2) is 60.7 Å². The van der Waals surface area contributed by atoms with Gasteiger partial charge in [-0.3, -0.25) is 4.79 Å². The zero-order valence-electron chi connectivity index (χ0n) is 17.3. The zero-order valence-corrected chi connectivity index (χ0v) is 17.3. The Morgan fingerprint density at radius 1 is 1.07 bits per heavy atom. The van der Waals surface area contributed by atoms with Gasteiger partial charge in [0.25, 0.3) is 0 Å². The van der Waals surface area contributed by atoms with Crippen molar-refractivity contribution in [2.45, 2.75) is 57.8 Å². The molecular weight excluding hydrogens is 366 g/mol. The summed E-state index contributed by atoms with van der Waals surface area (Å²) in [6, 6.07) is 19.4. The van der Waals surface area contributed by atoms with Crippen LogP contribution in [0, 0.1) is 5.92 Å². The molecule has 1 fully saturated rings. The van der Waals surface area contributed by atoms with Gasteiger partial charge in [0, 0.05) is 6.42 Å². The third kappa shape index (κ3) is 6.34. The number of cyclic esters (lactones) is 1. The third-order valence-electron chi connectivity index (χ3n) is 4.89. The first-order valence-corrected chi connectivity index (χ1v) is 10.1. The van der Waals surface area contributed by atoms with Gasteiger partial charge < -0.3 is 14.8 Å². The molecule has 2 aromatic rings. The number of amides is 1. The highest BCUT2D eigenvalue weighted by Gasteiger charge is 2.39. The number of benzene rings is 2. The summed E-state index contributed by atoms with van der Waals surface area (Å²) in [7, 11) is 0. The van der Waals surface area contributed by atoms with Gasteiger partial charge in [-0.05, 0) is 44.7 Å². The predicted octanol–water partition coefficient (Wildman–Crippen LogP) is 4.30. The SMILES string of the molecule is CC(C)(C)OC(=O)NC(Cc1ccccc1)C1CC(Cc2ccccc2)C(=O)O1. The van der Waals surface area contributed by atoms with Crippen LogP contribution in [0.3, 0.4) is 0 Å². The molecule has 0 spiro atoms. The van der Waals surface area contributed by atoms with Crippen molar-refractivity contribution in [3.63, 3.8) is 0 Å². The number of hydrogen-bond acceptors (Lipinski definition) is 4. The molecule has 0 saturated carbocycles. The van der Waals surface area contributed by atoms with Crippen LogP contribution in [0.1, 0.15) is 38.3 Å². The van der Waals surface area contributed by atoms with Crippen molar-refractivity contribution < 1.29 is 19.1 Å². The Kier molecular flexibility index (Phi) is 6.57. The maximum Gasteiger partial charge on any atom is 0.408 e. The predicted molar refractivity (Wildman–Crippen MR) is 111 cm³/mol. The first-order chi connectivity index (χ1) is 13.8. The number of esters is 1. The molecule has 1 aliphatic heterocycles. The molecule has 1 heterocycles. The normalized spacial score (nSPS) is 20.0. The van der Waals surface area contributed by atoms with Crippen molar-refractivity contribution in [3.05, 3.63) is 71.8 Å². The van der Waals surface area contributed by atoms with Crippen LogP contribution in [0.5, 0.6) is 0 Å². The van der Waals surface area contributed by atoms with Crippen LogP contribution in [0.2, 0.25) is 0 Å². The lowest BCUT2D eigenvalue weighted by Gasteiger charge is -2.26. The maximum absolute atomic E-state index is 12.5. The average Bonchev–Trinajstić information content (AvgIpc) is 3.02. The van der Waals surface area contributed by atoms with E-state index in [2.05, 4.69) is 5.32 Å². The minimum Gasteiger partial charge on any atom is -0.460 e. The Hall–Kier alpha value is -2.82. The summed E-state index contributed by atoms with van der Waals surface area (Å²) in [5.74, 6) is -0.413. The van der Waals surface area contributed by atoms with Crippen LogP contribution in [0.25, 0.3) is 0 Å². The highest BCUT2D eigenvalue weighted by molar-refractivity contribution is 5.75. The molecule has 1 N–H and O–H groups in total. The van der Waals surface area contributed by atoms with Gasteiger partial charge in [0.2, 0.25) is 0 Å². The van der Waals surface area contributed by atoms with Crippen molar-refractivity contribution in [1.29, 1.82) is 0 Å². The molecule has 154 valence electrons. The molecule has 5 nitrogen and oxygen atoms in total. The van der Waals surface area contributed by atoms with Gasteiger partial charge in [0.05, 0.1) is 12.0 Å². The van der Waals surface area contributed by atoms with E-state index in [1.807, 2.05) is 81.4 Å². The molecule has 0 radical (unpaired) electrons. The minimum atomic E-state index is -0.594. The Morgan fingerprint density at radius 2 is 1.66 bits per heavy atom. The van der Waals surface area contributed by atoms with Crippen molar-refractivity contribution in [2.24, 2.45) is 5.92 Å². The fourth-order valence-electron chi connectivity index (χ4n) is 3.58. The highest BCUT2D eigenvalue weighted by Crippen LogP contribution is 2.28. The van der Waals surface area contributed by atoms with E-state index in [0.29, 0.717) is 19.3 Å². The van der Waals surface area contributed by atoms with Gasteiger partial charge in [0.1, 0.15) is 11.7 Å². The molecule has 1 aliphatic rings. The molecule has 1 amide bonds. The molecule has 3 rings (SSSR count). The van der Waals surface area contributed by atoms with E-state index in [1.54, 1.807) is 0 Å². The first-order valence-electron chi connectivity index (χ1n) is 10.1. The van der Waals surface area contributed by atoms with Crippen LogP contribution in [-0.2, 0) is 27.1 Å². The van der Waals surface area contributed by atoms with Crippen LogP contribution in [0.4, 0.5) is 4.79 Å². The van der Waals surface area contributed by atoms with Gasteiger partial charge in [-0.25, -0.2) is 4.79 Å². The van der Waals surface area contributed by atoms with Crippen LogP contribution >= 0.6 is 0 Å². The van der Waals surface area contributed by atoms with Crippen LogP contribution in [-0.4, -0.2) is 29.8 Å². The summed E-state index contributed by atoms with van der Waals surface area (Å²) in [4.78, 5) is 24.9. The molecular formula is C24H29NO4. The molecule has 0 aliphatic carbocycles. The second kappa shape index (κ2) is 9.12. The van der Waals surface area contributed by atoms with Crippen molar-refractivity contribution in [3.8, 4) is 0 Å². The molecule has 1 saturated heterocycles. The fraction of sp³-hybridized carbons (Fsp3) is 0.417. The van der Waals surface area contributed by atoms with E-state index in [-0.39, 0.29) is 24.0 Å². The number of hydrogen-bond donors (Lipinski definition) is 1. The Balaban J connectivity index is 1.71. The third-order valence-corrected chi connectivity index (χ3v) is 4.89. The smallest absolute Gasteiger partial charge is 0.408 e. The lowest BCUT2D eigenvalue weighted by molar-refractivity contribution is -0.145. The number of nitrogens with one attached hydrogen (secondary N) is 1. The van der Waals surface area contributed by atoms with Gasteiger partial charge in [-0.2, -0.15) is 0 Å². The second-order valence-corrected chi connectivity index (χ2v) is 8.54. The summed E-state index contributed by atoms with van der Waals surface area (Å²) in [5.41, 5.74) is 1.58. The Labute approximate surface area is 172 Å². The molecule has 5 heteroatoms. The number of rotatable bonds is 6. The van der Waals surface area contributed by atoms with E-state index in [4.69, 9.17) is 9.47 Å². The minimum absolute atomic E-state index is 0.206. The second-order valence-electron chi connectivity index (χ2n) is 8.54. The van der Waals surface area contributed by atoms with Crippen molar-refractivity contribution in [1.82, 2.24) is 5.32 Å². The van der Waals surface area contributed by atoms with Gasteiger partial charge in [0.15, 0.2) is 0 Å². The largest absolute Gasteiger partial charge is 0.460 e. The van der Waals surface area contributed by atoms with Crippen molar-refractivity contribution in [2.75, 3.05) is 0 Å². The number of carbonyl (C=O) groups is 2. The van der Waals surface area contributed by atoms with Gasteiger partial charge >= 0.3 is 12.1 Å². The van der Waals surface area contributed by atoms with Gasteiger partial charge in [-0.1, -0.05) is 60.7 Å². The maximum atomic E-state index is 12.5. The number of carbonyl (C=O) groups excluding carboxylic acids is 2. The Bertz CT molecular complexity index is 814. The quantitative estimate of drug-likeness (QED) is 0.741. The summed E-state index contributed by atoms with van der Waals surface area (Å²) in [6.07, 6.45) is 0.891. The number of ether oxygens (including phenoxy) is 2. The Morgan fingerprint density at radius 3 is 2.24 bits per heavy atom. The summed E-state index contributed by atoms with van der Waals surface area (Å²) < 4.78 is 11.1. The summed E-state index contributed by atoms with van der Waals surface area (Å²) >= 11 is 0. The molecule has 0 bridgehead atoms. The summed E-state index contributed by atoms with van der Waals surface area (Å²) in [6.45, 7) is 5.47. The van der Waals surface area contributed by atoms with E-state index < -0.39 is 11.7 Å². The van der Waals surface area contributed by atoms with Gasteiger partial charge in [-0.15, -0.1) is 0 Å². The van der Waals surface area contributed by atoms with E-state index in [1.165, 1.54) is 0 Å². The molecule has 3 atom stereocenters. The zero-order chi connectivity index (χ0) is 20.9. The molecule has 3 unspecified atom stereocenters. The van der Waals surface area contributed by atoms with E-state index in [0.717, 1.165) is 11.1 Å². The standard InChI is InChI=1S/C24H29NO4/c1-24(2,3)29-23(27)25-20(15-18-12-8-5-9-13-18)21-16-19(22(26)28-21)14-17-10-6-4-7-11-17/h4-13,19-21H,14-16H2,1-3H3,(H,25,27). The lowest BCUT2D eigenvalue weighted by Crippen LogP contribution is -2.46. The lowest BCUT2D eigenvalue weighted by atomic mass is 9.92.